The van der Waals surface area contributed by atoms with E-state index in [1.54, 1.807) is 49.5 Å². The number of halogens is 1. The summed E-state index contributed by atoms with van der Waals surface area (Å²) in [5.74, 6) is -1.12. The largest absolute Gasteiger partial charge is 0.419 e. The van der Waals surface area contributed by atoms with Gasteiger partial charge in [0.1, 0.15) is 0 Å². The van der Waals surface area contributed by atoms with Crippen LogP contribution < -0.4 is 21.1 Å². The minimum absolute atomic E-state index is 0.0782. The van der Waals surface area contributed by atoms with Crippen molar-refractivity contribution in [3.63, 3.8) is 0 Å². The summed E-state index contributed by atoms with van der Waals surface area (Å²) in [7, 11) is -1.78. The van der Waals surface area contributed by atoms with Crippen LogP contribution in [-0.4, -0.2) is 29.2 Å². The van der Waals surface area contributed by atoms with E-state index in [1.807, 2.05) is 0 Å². The van der Waals surface area contributed by atoms with E-state index in [4.69, 9.17) is 4.42 Å². The third-order valence-corrected chi connectivity index (χ3v) is 4.85. The Hall–Kier alpha value is -3.93. The molecule has 0 bridgehead atoms. The van der Waals surface area contributed by atoms with Gasteiger partial charge in [0, 0.05) is 30.2 Å². The summed E-state index contributed by atoms with van der Waals surface area (Å²) in [5.41, 5.74) is 2.41. The van der Waals surface area contributed by atoms with Gasteiger partial charge in [0.25, 0.3) is 0 Å². The van der Waals surface area contributed by atoms with E-state index in [-0.39, 0.29) is 11.8 Å². The second-order valence-corrected chi connectivity index (χ2v) is 8.45. The van der Waals surface area contributed by atoms with Crippen LogP contribution >= 0.6 is 0 Å². The van der Waals surface area contributed by atoms with Crippen molar-refractivity contribution in [3.05, 3.63) is 65.0 Å². The van der Waals surface area contributed by atoms with Gasteiger partial charge in [-0.2, -0.15) is 4.98 Å². The van der Waals surface area contributed by atoms with Crippen LogP contribution in [0.25, 0.3) is 11.1 Å². The monoisotopic (exact) mass is 444 g/mol. The number of hydrogen-bond acceptors (Lipinski definition) is 8. The summed E-state index contributed by atoms with van der Waals surface area (Å²) in [5, 5.41) is 5.76. The van der Waals surface area contributed by atoms with Crippen LogP contribution in [0.4, 0.5) is 33.2 Å². The summed E-state index contributed by atoms with van der Waals surface area (Å²) in [6.07, 6.45) is 2.07. The number of hydrogen-bond donors (Lipinski definition) is 3. The molecule has 10 nitrogen and oxygen atoms in total. The number of oxazole rings is 1. The highest BCUT2D eigenvalue weighted by Crippen LogP contribution is 2.24. The standard InChI is InChI=1S/C19H17FN6O4S/c1-26-15-8-7-13(9-16(15)30-19(26)27)22-17-14(20)10-21-18(24-17)23-11-3-5-12(6-4-11)25-31(2,28)29/h3-10,25H,1-2H3,(H2,21,22,23,24). The molecule has 0 fully saturated rings. The molecule has 2 aromatic carbocycles. The van der Waals surface area contributed by atoms with Gasteiger partial charge < -0.3 is 15.1 Å². The number of rotatable bonds is 6. The highest BCUT2D eigenvalue weighted by Gasteiger charge is 2.11. The fraction of sp³-hybridized carbons (Fsp3) is 0.105. The Balaban J connectivity index is 1.54. The highest BCUT2D eigenvalue weighted by atomic mass is 32.2. The molecule has 2 heterocycles. The number of fused-ring (bicyclic) bond motifs is 1. The molecule has 4 aromatic rings. The number of sulfonamides is 1. The Morgan fingerprint density at radius 3 is 2.42 bits per heavy atom. The van der Waals surface area contributed by atoms with Gasteiger partial charge in [-0.05, 0) is 36.4 Å². The zero-order chi connectivity index (χ0) is 22.2. The zero-order valence-electron chi connectivity index (χ0n) is 16.4. The third-order valence-electron chi connectivity index (χ3n) is 4.24. The van der Waals surface area contributed by atoms with E-state index in [0.717, 1.165) is 12.5 Å². The first-order chi connectivity index (χ1) is 14.7. The second-order valence-electron chi connectivity index (χ2n) is 6.70. The quantitative estimate of drug-likeness (QED) is 0.414. The topological polar surface area (TPSA) is 131 Å². The first-order valence-corrected chi connectivity index (χ1v) is 10.8. The molecule has 0 aliphatic heterocycles. The minimum atomic E-state index is -3.37. The third kappa shape index (κ3) is 4.64. The van der Waals surface area contributed by atoms with E-state index < -0.39 is 21.6 Å². The Labute approximate surface area is 175 Å². The minimum Gasteiger partial charge on any atom is -0.408 e. The average Bonchev–Trinajstić information content (AvgIpc) is 2.98. The maximum Gasteiger partial charge on any atom is 0.419 e. The van der Waals surface area contributed by atoms with E-state index in [0.29, 0.717) is 28.2 Å². The number of aryl methyl sites for hydroxylation is 1. The Morgan fingerprint density at radius 1 is 1.03 bits per heavy atom. The lowest BCUT2D eigenvalue weighted by Crippen LogP contribution is -2.09. The van der Waals surface area contributed by atoms with Crippen molar-refractivity contribution < 1.29 is 17.2 Å². The maximum absolute atomic E-state index is 14.2. The summed E-state index contributed by atoms with van der Waals surface area (Å²) in [6, 6.07) is 11.3. The van der Waals surface area contributed by atoms with E-state index in [9.17, 15) is 17.6 Å². The molecule has 0 radical (unpaired) electrons. The molecule has 0 aliphatic rings. The Morgan fingerprint density at radius 2 is 1.71 bits per heavy atom. The number of nitrogens with one attached hydrogen (secondary N) is 3. The van der Waals surface area contributed by atoms with Gasteiger partial charge in [0.05, 0.1) is 18.0 Å². The fourth-order valence-electron chi connectivity index (χ4n) is 2.83. The van der Waals surface area contributed by atoms with Gasteiger partial charge in [0.2, 0.25) is 16.0 Å². The van der Waals surface area contributed by atoms with Crippen molar-refractivity contribution >= 4 is 50.0 Å². The van der Waals surface area contributed by atoms with Gasteiger partial charge >= 0.3 is 5.76 Å². The SMILES string of the molecule is Cn1c(=O)oc2cc(Nc3nc(Nc4ccc(NS(C)(=O)=O)cc4)ncc3F)ccc21. The number of benzene rings is 2. The first kappa shape index (κ1) is 20.3. The summed E-state index contributed by atoms with van der Waals surface area (Å²) >= 11 is 0. The molecule has 0 atom stereocenters. The normalized spacial score (nSPS) is 11.5. The second kappa shape index (κ2) is 7.72. The molecule has 3 N–H and O–H groups in total. The van der Waals surface area contributed by atoms with Gasteiger partial charge in [0.15, 0.2) is 17.2 Å². The number of aromatic nitrogens is 3. The molecule has 160 valence electrons. The van der Waals surface area contributed by atoms with Crippen LogP contribution in [0.3, 0.4) is 0 Å². The fourth-order valence-corrected chi connectivity index (χ4v) is 3.39. The van der Waals surface area contributed by atoms with Gasteiger partial charge in [-0.25, -0.2) is 22.6 Å². The highest BCUT2D eigenvalue weighted by molar-refractivity contribution is 7.92. The van der Waals surface area contributed by atoms with Crippen molar-refractivity contribution in [3.8, 4) is 0 Å². The number of nitrogens with zero attached hydrogens (tertiary/aromatic N) is 3. The zero-order valence-corrected chi connectivity index (χ0v) is 17.2. The average molecular weight is 444 g/mol. The lowest BCUT2D eigenvalue weighted by molar-refractivity contribution is 0.528. The van der Waals surface area contributed by atoms with E-state index in [1.165, 1.54) is 4.57 Å². The van der Waals surface area contributed by atoms with Crippen LogP contribution in [0.1, 0.15) is 0 Å². The Kier molecular flexibility index (Phi) is 5.07. The molecule has 0 amide bonds. The van der Waals surface area contributed by atoms with Crippen molar-refractivity contribution in [1.82, 2.24) is 14.5 Å². The predicted octanol–water partition coefficient (Wildman–Crippen LogP) is 2.92. The van der Waals surface area contributed by atoms with Gasteiger partial charge in [-0.3, -0.25) is 9.29 Å². The molecular weight excluding hydrogens is 427 g/mol. The predicted molar refractivity (Wildman–Crippen MR) is 115 cm³/mol. The molecule has 0 unspecified atom stereocenters. The molecule has 0 saturated carbocycles. The van der Waals surface area contributed by atoms with Crippen molar-refractivity contribution in [2.75, 3.05) is 21.6 Å². The molecule has 4 rings (SSSR count). The summed E-state index contributed by atoms with van der Waals surface area (Å²) in [6.45, 7) is 0. The lowest BCUT2D eigenvalue weighted by atomic mass is 10.3. The van der Waals surface area contributed by atoms with Gasteiger partial charge in [-0.15, -0.1) is 0 Å². The molecule has 0 aliphatic carbocycles. The van der Waals surface area contributed by atoms with E-state index >= 15 is 0 Å². The lowest BCUT2D eigenvalue weighted by Gasteiger charge is -2.10. The van der Waals surface area contributed by atoms with Crippen LogP contribution in [0.5, 0.6) is 0 Å². The molecular formula is C19H17FN6O4S. The first-order valence-electron chi connectivity index (χ1n) is 8.92. The smallest absolute Gasteiger partial charge is 0.408 e. The van der Waals surface area contributed by atoms with Crippen LogP contribution in [0.15, 0.2) is 57.9 Å². The van der Waals surface area contributed by atoms with Crippen LogP contribution in [0, 0.1) is 5.82 Å². The molecule has 2 aromatic heterocycles. The molecule has 12 heteroatoms. The summed E-state index contributed by atoms with van der Waals surface area (Å²) < 4.78 is 45.6. The Bertz CT molecular complexity index is 1430. The number of anilines is 5. The van der Waals surface area contributed by atoms with Gasteiger partial charge in [-0.1, -0.05) is 0 Å². The maximum atomic E-state index is 14.2. The summed E-state index contributed by atoms with van der Waals surface area (Å²) in [4.78, 5) is 19.7. The van der Waals surface area contributed by atoms with E-state index in [2.05, 4.69) is 25.3 Å². The van der Waals surface area contributed by atoms with Crippen molar-refractivity contribution in [1.29, 1.82) is 0 Å². The molecule has 31 heavy (non-hydrogen) atoms. The van der Waals surface area contributed by atoms with Crippen molar-refractivity contribution in [2.45, 2.75) is 0 Å². The molecule has 0 saturated heterocycles. The molecule has 0 spiro atoms. The van der Waals surface area contributed by atoms with Crippen molar-refractivity contribution in [2.24, 2.45) is 7.05 Å². The van der Waals surface area contributed by atoms with Crippen LogP contribution in [-0.2, 0) is 17.1 Å². The van der Waals surface area contributed by atoms with Crippen LogP contribution in [0.2, 0.25) is 0 Å².